The number of benzene rings is 3. The predicted octanol–water partition coefficient (Wildman–Crippen LogP) is 7.39. The van der Waals surface area contributed by atoms with E-state index in [1.54, 1.807) is 57.2 Å². The summed E-state index contributed by atoms with van der Waals surface area (Å²) in [6.07, 6.45) is 7.28. The number of carbonyl (C=O) groups excluding carboxylic acids is 3. The lowest BCUT2D eigenvalue weighted by atomic mass is 9.79. The molecule has 0 fully saturated rings. The topological polar surface area (TPSA) is 131 Å². The Morgan fingerprint density at radius 2 is 1.56 bits per heavy atom. The van der Waals surface area contributed by atoms with Gasteiger partial charge in [0.15, 0.2) is 16.4 Å². The van der Waals surface area contributed by atoms with Gasteiger partial charge in [0.2, 0.25) is 5.91 Å². The molecule has 282 valence electrons. The molecule has 1 heterocycles. The Kier molecular flexibility index (Phi) is 14.2. The number of carbonyl (C=O) groups is 3. The minimum absolute atomic E-state index is 0.0199. The second kappa shape index (κ2) is 18.1. The van der Waals surface area contributed by atoms with Crippen molar-refractivity contribution in [2.45, 2.75) is 94.6 Å². The number of ether oxygens (including phenoxy) is 2. The summed E-state index contributed by atoms with van der Waals surface area (Å²) in [5.74, 6) is -1.52. The van der Waals surface area contributed by atoms with Crippen LogP contribution in [0.1, 0.15) is 84.7 Å². The van der Waals surface area contributed by atoms with Crippen molar-refractivity contribution >= 4 is 50.8 Å². The third-order valence-corrected chi connectivity index (χ3v) is 11.7. The Labute approximate surface area is 313 Å². The molecule has 1 aliphatic heterocycles. The maximum atomic E-state index is 14.4. The van der Waals surface area contributed by atoms with E-state index in [2.05, 4.69) is 29.4 Å². The normalized spacial score (nSPS) is 15.5. The van der Waals surface area contributed by atoms with Gasteiger partial charge in [-0.25, -0.2) is 8.42 Å². The van der Waals surface area contributed by atoms with Gasteiger partial charge >= 0.3 is 5.97 Å². The zero-order valence-corrected chi connectivity index (χ0v) is 32.8. The van der Waals surface area contributed by atoms with Crippen molar-refractivity contribution in [1.29, 1.82) is 0 Å². The standard InChI is InChI=1S/C40H53N3O7S2/c1-7-9-21-40(22-10-8-2)27-43(30-19-15-12-16-20-30)31-23-33(51-6)32(24-34(31)52(47,48)28-40)49-26-35(44)42-37(29-17-13-11-14-18-29)38(46)41-25-36(45)50-39(3,4)5/h11-20,23-24,37H,7-10,21-22,25-28H2,1-6H3,(H,41,46)(H,42,44)/t37-/m0/s1. The van der Waals surface area contributed by atoms with Crippen molar-refractivity contribution in [3.63, 3.8) is 0 Å². The van der Waals surface area contributed by atoms with Gasteiger partial charge in [0.1, 0.15) is 23.9 Å². The zero-order chi connectivity index (χ0) is 37.9. The number of sulfone groups is 1. The number of rotatable bonds is 16. The van der Waals surface area contributed by atoms with Gasteiger partial charge in [0.05, 0.1) is 21.2 Å². The number of nitrogens with one attached hydrogen (secondary N) is 2. The van der Waals surface area contributed by atoms with E-state index >= 15 is 0 Å². The Hall–Kier alpha value is -4.03. The summed E-state index contributed by atoms with van der Waals surface area (Å²) >= 11 is 1.39. The smallest absolute Gasteiger partial charge is 0.325 e. The third kappa shape index (κ3) is 11.0. The van der Waals surface area contributed by atoms with Crippen LogP contribution in [0.5, 0.6) is 5.75 Å². The van der Waals surface area contributed by atoms with Gasteiger partial charge < -0.3 is 25.0 Å². The molecule has 0 aliphatic carbocycles. The first-order valence-electron chi connectivity index (χ1n) is 17.9. The number of amides is 2. The van der Waals surface area contributed by atoms with E-state index in [1.165, 1.54) is 11.8 Å². The zero-order valence-electron chi connectivity index (χ0n) is 31.2. The summed E-state index contributed by atoms with van der Waals surface area (Å²) in [5, 5.41) is 5.27. The van der Waals surface area contributed by atoms with E-state index < -0.39 is 51.3 Å². The van der Waals surface area contributed by atoms with Gasteiger partial charge in [-0.15, -0.1) is 11.8 Å². The molecular formula is C40H53N3O7S2. The second-order valence-electron chi connectivity index (χ2n) is 14.4. The number of nitrogens with zero attached hydrogens (tertiary/aromatic N) is 1. The van der Waals surface area contributed by atoms with Crippen molar-refractivity contribution in [3.05, 3.63) is 78.4 Å². The van der Waals surface area contributed by atoms with Crippen molar-refractivity contribution in [2.75, 3.05) is 36.6 Å². The van der Waals surface area contributed by atoms with Gasteiger partial charge in [-0.2, -0.15) is 0 Å². The highest BCUT2D eigenvalue weighted by molar-refractivity contribution is 7.98. The summed E-state index contributed by atoms with van der Waals surface area (Å²) in [5.41, 5.74) is 0.845. The van der Waals surface area contributed by atoms with Gasteiger partial charge in [0.25, 0.3) is 5.91 Å². The quantitative estimate of drug-likeness (QED) is 0.114. The average molecular weight is 752 g/mol. The molecule has 12 heteroatoms. The molecule has 2 amide bonds. The molecule has 1 atom stereocenters. The highest BCUT2D eigenvalue weighted by Gasteiger charge is 2.42. The molecule has 52 heavy (non-hydrogen) atoms. The molecule has 1 aliphatic rings. The van der Waals surface area contributed by atoms with Crippen molar-refractivity contribution in [3.8, 4) is 5.75 Å². The van der Waals surface area contributed by atoms with E-state index in [-0.39, 0.29) is 22.9 Å². The Morgan fingerprint density at radius 3 is 2.13 bits per heavy atom. The molecule has 3 aromatic carbocycles. The van der Waals surface area contributed by atoms with Crippen LogP contribution in [0.2, 0.25) is 0 Å². The Morgan fingerprint density at radius 1 is 0.942 bits per heavy atom. The van der Waals surface area contributed by atoms with Crippen molar-refractivity contribution < 1.29 is 32.3 Å². The molecule has 0 radical (unpaired) electrons. The number of anilines is 2. The number of esters is 1. The maximum absolute atomic E-state index is 14.4. The van der Waals surface area contributed by atoms with Crippen LogP contribution in [0.3, 0.4) is 0 Å². The molecule has 0 saturated carbocycles. The SMILES string of the molecule is CCCCC1(CCCC)CN(c2ccccc2)c2cc(SC)c(OCC(=O)N[C@H](C(=O)NCC(=O)OC(C)(C)C)c3ccccc3)cc2S(=O)(=O)C1. The number of thioether (sulfide) groups is 1. The molecular weight excluding hydrogens is 699 g/mol. The number of hydrogen-bond donors (Lipinski definition) is 2. The first-order chi connectivity index (χ1) is 24.7. The summed E-state index contributed by atoms with van der Waals surface area (Å²) in [6.45, 7) is 9.17. The lowest BCUT2D eigenvalue weighted by Crippen LogP contribution is -2.44. The van der Waals surface area contributed by atoms with Crippen molar-refractivity contribution in [1.82, 2.24) is 10.6 Å². The summed E-state index contributed by atoms with van der Waals surface area (Å²) < 4.78 is 40.2. The lowest BCUT2D eigenvalue weighted by Gasteiger charge is -2.37. The Balaban J connectivity index is 1.63. The molecule has 3 aromatic rings. The predicted molar refractivity (Wildman–Crippen MR) is 207 cm³/mol. The van der Waals surface area contributed by atoms with Crippen LogP contribution in [0.15, 0.2) is 82.6 Å². The van der Waals surface area contributed by atoms with Gasteiger partial charge in [-0.3, -0.25) is 14.4 Å². The number of fused-ring (bicyclic) bond motifs is 1. The highest BCUT2D eigenvalue weighted by Crippen LogP contribution is 2.47. The third-order valence-electron chi connectivity index (χ3n) is 8.94. The van der Waals surface area contributed by atoms with Crippen LogP contribution in [-0.4, -0.2) is 63.5 Å². The summed E-state index contributed by atoms with van der Waals surface area (Å²) in [6, 6.07) is 20.8. The highest BCUT2D eigenvalue weighted by atomic mass is 32.2. The fraction of sp³-hybridized carbons (Fsp3) is 0.475. The number of para-hydroxylation sites is 1. The molecule has 2 N–H and O–H groups in total. The van der Waals surface area contributed by atoms with E-state index in [9.17, 15) is 22.8 Å². The van der Waals surface area contributed by atoms with Crippen LogP contribution in [0, 0.1) is 5.41 Å². The first kappa shape index (κ1) is 40.7. The van der Waals surface area contributed by atoms with E-state index in [0.717, 1.165) is 44.2 Å². The average Bonchev–Trinajstić information content (AvgIpc) is 3.21. The largest absolute Gasteiger partial charge is 0.483 e. The van der Waals surface area contributed by atoms with Crippen LogP contribution < -0.4 is 20.3 Å². The number of unbranched alkanes of at least 4 members (excludes halogenated alkanes) is 2. The summed E-state index contributed by atoms with van der Waals surface area (Å²) in [4.78, 5) is 41.9. The maximum Gasteiger partial charge on any atom is 0.325 e. The number of hydrogen-bond acceptors (Lipinski definition) is 9. The van der Waals surface area contributed by atoms with Crippen molar-refractivity contribution in [2.24, 2.45) is 5.41 Å². The minimum atomic E-state index is -3.79. The molecule has 0 spiro atoms. The second-order valence-corrected chi connectivity index (χ2v) is 17.2. The molecule has 0 unspecified atom stereocenters. The fourth-order valence-corrected chi connectivity index (χ4v) is 9.17. The van der Waals surface area contributed by atoms with E-state index in [0.29, 0.717) is 22.7 Å². The van der Waals surface area contributed by atoms with Crippen LogP contribution >= 0.6 is 11.8 Å². The molecule has 10 nitrogen and oxygen atoms in total. The molecule has 0 bridgehead atoms. The first-order valence-corrected chi connectivity index (χ1v) is 20.8. The Bertz CT molecular complexity index is 1770. The van der Waals surface area contributed by atoms with Crippen LogP contribution in [0.4, 0.5) is 11.4 Å². The monoisotopic (exact) mass is 751 g/mol. The molecule has 0 saturated heterocycles. The van der Waals surface area contributed by atoms with E-state index in [1.807, 2.05) is 42.7 Å². The van der Waals surface area contributed by atoms with Gasteiger partial charge in [0, 0.05) is 23.7 Å². The van der Waals surface area contributed by atoms with Gasteiger partial charge in [-0.05, 0) is 63.6 Å². The molecule has 0 aromatic heterocycles. The van der Waals surface area contributed by atoms with Crippen LogP contribution in [0.25, 0.3) is 0 Å². The van der Waals surface area contributed by atoms with Gasteiger partial charge in [-0.1, -0.05) is 88.1 Å². The molecule has 4 rings (SSSR count). The summed E-state index contributed by atoms with van der Waals surface area (Å²) in [7, 11) is -3.79. The van der Waals surface area contributed by atoms with Crippen LogP contribution in [-0.2, 0) is 29.0 Å². The minimum Gasteiger partial charge on any atom is -0.483 e. The lowest BCUT2D eigenvalue weighted by molar-refractivity contribution is -0.154. The fourth-order valence-electron chi connectivity index (χ4n) is 6.51. The van der Waals surface area contributed by atoms with E-state index in [4.69, 9.17) is 9.47 Å².